The second-order valence-corrected chi connectivity index (χ2v) is 5.75. The molecule has 1 N–H and O–H groups in total. The monoisotopic (exact) mass is 285 g/mol. The van der Waals surface area contributed by atoms with Crippen LogP contribution in [0.5, 0.6) is 0 Å². The molecule has 0 radical (unpaired) electrons. The maximum Gasteiger partial charge on any atom is 0.269 e. The van der Waals surface area contributed by atoms with Crippen molar-refractivity contribution >= 4 is 46.1 Å². The van der Waals surface area contributed by atoms with Crippen molar-refractivity contribution in [3.8, 4) is 0 Å². The van der Waals surface area contributed by atoms with Gasteiger partial charge in [0.25, 0.3) is 5.91 Å². The van der Waals surface area contributed by atoms with E-state index in [1.54, 1.807) is 5.38 Å². The number of amides is 1. The number of carbonyl (C=O) groups is 1. The number of hydrogen-bond acceptors (Lipinski definition) is 5. The quantitative estimate of drug-likeness (QED) is 0.940. The number of hydrogen-bond donors (Lipinski definition) is 1. The van der Waals surface area contributed by atoms with Gasteiger partial charge in [0.1, 0.15) is 4.88 Å². The largest absolute Gasteiger partial charge is 0.319 e. The number of aromatic nitrogens is 2. The Morgan fingerprint density at radius 1 is 1.47 bits per heavy atom. The lowest BCUT2D eigenvalue weighted by molar-refractivity contribution is 0.102. The highest BCUT2D eigenvalue weighted by atomic mass is 35.5. The molecule has 0 atom stereocenters. The highest BCUT2D eigenvalue weighted by Crippen LogP contribution is 2.41. The van der Waals surface area contributed by atoms with E-state index in [0.29, 0.717) is 21.5 Å². The average Bonchev–Trinajstić information content (AvgIpc) is 2.90. The van der Waals surface area contributed by atoms with Crippen LogP contribution in [0.25, 0.3) is 0 Å². The lowest BCUT2D eigenvalue weighted by Gasteiger charge is -2.02. The molecule has 2 aromatic heterocycles. The van der Waals surface area contributed by atoms with Gasteiger partial charge in [0.15, 0.2) is 0 Å². The molecule has 1 saturated carbocycles. The van der Waals surface area contributed by atoms with E-state index in [4.69, 9.17) is 11.6 Å². The van der Waals surface area contributed by atoms with E-state index in [9.17, 15) is 4.79 Å². The van der Waals surface area contributed by atoms with E-state index in [-0.39, 0.29) is 5.91 Å². The van der Waals surface area contributed by atoms with Crippen LogP contribution in [0, 0.1) is 0 Å². The summed E-state index contributed by atoms with van der Waals surface area (Å²) in [7, 11) is 0. The van der Waals surface area contributed by atoms with E-state index in [0.717, 1.165) is 30.1 Å². The summed E-state index contributed by atoms with van der Waals surface area (Å²) in [5, 5.41) is 11.0. The van der Waals surface area contributed by atoms with Crippen molar-refractivity contribution in [3.63, 3.8) is 0 Å². The molecule has 0 spiro atoms. The summed E-state index contributed by atoms with van der Waals surface area (Å²) in [4.78, 5) is 12.6. The molecule has 0 aliphatic heterocycles. The van der Waals surface area contributed by atoms with Gasteiger partial charge in [-0.1, -0.05) is 16.1 Å². The predicted molar refractivity (Wildman–Crippen MR) is 69.2 cm³/mol. The second-order valence-electron chi connectivity index (χ2n) is 3.85. The molecule has 17 heavy (non-hydrogen) atoms. The summed E-state index contributed by atoms with van der Waals surface area (Å²) in [5.74, 6) is 0.259. The fraction of sp³-hybridized carbons (Fsp3) is 0.300. The molecule has 4 nitrogen and oxygen atoms in total. The first-order chi connectivity index (χ1) is 8.25. The Hall–Kier alpha value is -0.980. The summed E-state index contributed by atoms with van der Waals surface area (Å²) in [5.41, 5.74) is 1.48. The molecule has 3 rings (SSSR count). The van der Waals surface area contributed by atoms with E-state index in [1.165, 1.54) is 11.3 Å². The van der Waals surface area contributed by atoms with Gasteiger partial charge >= 0.3 is 0 Å². The molecular formula is C10H8ClN3OS2. The van der Waals surface area contributed by atoms with E-state index in [1.807, 2.05) is 5.38 Å². The minimum atomic E-state index is -0.165. The first kappa shape index (κ1) is 11.1. The fourth-order valence-electron chi connectivity index (χ4n) is 1.53. The van der Waals surface area contributed by atoms with Gasteiger partial charge in [0.2, 0.25) is 0 Å². The van der Waals surface area contributed by atoms with Crippen LogP contribution in [0.3, 0.4) is 0 Å². The molecular weight excluding hydrogens is 278 g/mol. The summed E-state index contributed by atoms with van der Waals surface area (Å²) < 4.78 is 3.86. The van der Waals surface area contributed by atoms with E-state index >= 15 is 0 Å². The second kappa shape index (κ2) is 4.36. The third kappa shape index (κ3) is 2.20. The fourth-order valence-corrected chi connectivity index (χ4v) is 3.13. The zero-order chi connectivity index (χ0) is 11.8. The van der Waals surface area contributed by atoms with Gasteiger partial charge < -0.3 is 5.32 Å². The Kier molecular flexibility index (Phi) is 2.85. The third-order valence-corrected chi connectivity index (χ3v) is 4.47. The van der Waals surface area contributed by atoms with Crippen molar-refractivity contribution < 1.29 is 4.79 Å². The SMILES string of the molecule is O=C(Nc1cscc1Cl)c1snnc1C1CC1. The topological polar surface area (TPSA) is 54.9 Å². The van der Waals surface area contributed by atoms with Crippen LogP contribution < -0.4 is 5.32 Å². The van der Waals surface area contributed by atoms with Gasteiger partial charge in [-0.25, -0.2) is 0 Å². The third-order valence-electron chi connectivity index (χ3n) is 2.55. The molecule has 2 aromatic rings. The molecule has 1 aliphatic rings. The number of nitrogens with one attached hydrogen (secondary N) is 1. The van der Waals surface area contributed by atoms with Crippen LogP contribution in [-0.2, 0) is 0 Å². The number of halogens is 1. The minimum Gasteiger partial charge on any atom is -0.319 e. The summed E-state index contributed by atoms with van der Waals surface area (Å²) in [6, 6.07) is 0. The molecule has 0 saturated heterocycles. The van der Waals surface area contributed by atoms with Gasteiger partial charge in [-0.15, -0.1) is 16.4 Å². The van der Waals surface area contributed by atoms with Crippen LogP contribution >= 0.6 is 34.5 Å². The zero-order valence-electron chi connectivity index (χ0n) is 8.64. The van der Waals surface area contributed by atoms with E-state index < -0.39 is 0 Å². The van der Waals surface area contributed by atoms with Gasteiger partial charge in [-0.05, 0) is 24.4 Å². The Morgan fingerprint density at radius 2 is 2.29 bits per heavy atom. The van der Waals surface area contributed by atoms with Crippen LogP contribution in [-0.4, -0.2) is 15.5 Å². The molecule has 88 valence electrons. The highest BCUT2D eigenvalue weighted by Gasteiger charge is 2.31. The predicted octanol–water partition coefficient (Wildman–Crippen LogP) is 3.38. The van der Waals surface area contributed by atoms with Crippen molar-refractivity contribution in [2.75, 3.05) is 5.32 Å². The Bertz CT molecular complexity index is 561. The van der Waals surface area contributed by atoms with Crippen molar-refractivity contribution in [1.82, 2.24) is 9.59 Å². The lowest BCUT2D eigenvalue weighted by atomic mass is 10.2. The van der Waals surface area contributed by atoms with Crippen LogP contribution in [0.2, 0.25) is 5.02 Å². The molecule has 7 heteroatoms. The van der Waals surface area contributed by atoms with Crippen molar-refractivity contribution in [1.29, 1.82) is 0 Å². The summed E-state index contributed by atoms with van der Waals surface area (Å²) >= 11 is 8.52. The lowest BCUT2D eigenvalue weighted by Crippen LogP contribution is -2.11. The molecule has 0 unspecified atom stereocenters. The number of carbonyl (C=O) groups excluding carboxylic acids is 1. The van der Waals surface area contributed by atoms with Crippen molar-refractivity contribution in [2.45, 2.75) is 18.8 Å². The van der Waals surface area contributed by atoms with Crippen LogP contribution in [0.1, 0.15) is 34.1 Å². The Morgan fingerprint density at radius 3 is 2.94 bits per heavy atom. The normalized spacial score (nSPS) is 14.9. The van der Waals surface area contributed by atoms with Crippen LogP contribution in [0.4, 0.5) is 5.69 Å². The van der Waals surface area contributed by atoms with Crippen molar-refractivity contribution in [3.05, 3.63) is 26.4 Å². The number of anilines is 1. The summed E-state index contributed by atoms with van der Waals surface area (Å²) in [6.07, 6.45) is 2.20. The molecule has 1 amide bonds. The smallest absolute Gasteiger partial charge is 0.269 e. The first-order valence-electron chi connectivity index (χ1n) is 5.11. The number of thiophene rings is 1. The Balaban J connectivity index is 1.82. The highest BCUT2D eigenvalue weighted by molar-refractivity contribution is 7.09. The standard InChI is InChI=1S/C10H8ClN3OS2/c11-6-3-16-4-7(6)12-10(15)9-8(5-1-2-5)13-14-17-9/h3-5H,1-2H2,(H,12,15). The van der Waals surface area contributed by atoms with Crippen LogP contribution in [0.15, 0.2) is 10.8 Å². The molecule has 1 fully saturated rings. The minimum absolute atomic E-state index is 0.165. The molecule has 1 aliphatic carbocycles. The zero-order valence-corrected chi connectivity index (χ0v) is 11.0. The van der Waals surface area contributed by atoms with Gasteiger partial charge in [0, 0.05) is 16.7 Å². The van der Waals surface area contributed by atoms with Gasteiger partial charge in [-0.3, -0.25) is 4.79 Å². The summed E-state index contributed by atoms with van der Waals surface area (Å²) in [6.45, 7) is 0. The Labute approximate surface area is 111 Å². The van der Waals surface area contributed by atoms with Gasteiger partial charge in [0.05, 0.1) is 16.4 Å². The average molecular weight is 286 g/mol. The van der Waals surface area contributed by atoms with Crippen molar-refractivity contribution in [2.24, 2.45) is 0 Å². The number of rotatable bonds is 3. The first-order valence-corrected chi connectivity index (χ1v) is 7.20. The molecule has 2 heterocycles. The van der Waals surface area contributed by atoms with Gasteiger partial charge in [-0.2, -0.15) is 0 Å². The van der Waals surface area contributed by atoms with E-state index in [2.05, 4.69) is 14.9 Å². The number of nitrogens with zero attached hydrogens (tertiary/aromatic N) is 2. The molecule has 0 bridgehead atoms. The maximum atomic E-state index is 12.0. The maximum absolute atomic E-state index is 12.0. The molecule has 0 aromatic carbocycles.